The van der Waals surface area contributed by atoms with E-state index in [0.29, 0.717) is 38.5 Å². The Labute approximate surface area is 170 Å². The molecule has 0 aliphatic carbocycles. The molecule has 2 aromatic rings. The number of anilines is 1. The van der Waals surface area contributed by atoms with Crippen LogP contribution < -0.4 is 10.2 Å². The zero-order valence-electron chi connectivity index (χ0n) is 16.1. The molecule has 28 heavy (non-hydrogen) atoms. The first-order valence-electron chi connectivity index (χ1n) is 9.18. The normalized spacial score (nSPS) is 16.6. The molecule has 0 bridgehead atoms. The van der Waals surface area contributed by atoms with Gasteiger partial charge in [0.2, 0.25) is 10.0 Å². The van der Waals surface area contributed by atoms with Crippen LogP contribution in [0.5, 0.6) is 0 Å². The molecule has 9 heteroatoms. The quantitative estimate of drug-likeness (QED) is 0.687. The monoisotopic (exact) mass is 424 g/mol. The molecule has 152 valence electrons. The molecule has 3 rings (SSSR count). The Kier molecular flexibility index (Phi) is 6.84. The van der Waals surface area contributed by atoms with Gasteiger partial charge in [-0.25, -0.2) is 8.42 Å². The molecule has 1 aliphatic heterocycles. The standard InChI is InChI=1S/C19H25N3O4S2/c1-15-5-6-17(28(24,25)22-7-9-26-10-8-22)12-18(15)20-19(23)14-21(2)13-16-4-3-11-27-16/h3-6,11-12H,7-10,13-14H2,1-2H3,(H,20,23)/p+1. The van der Waals surface area contributed by atoms with Crippen LogP contribution in [-0.4, -0.2) is 58.5 Å². The summed E-state index contributed by atoms with van der Waals surface area (Å²) >= 11 is 1.67. The fourth-order valence-electron chi connectivity index (χ4n) is 3.07. The first-order valence-corrected chi connectivity index (χ1v) is 11.5. The third kappa shape index (κ3) is 5.18. The maximum absolute atomic E-state index is 12.8. The van der Waals surface area contributed by atoms with E-state index >= 15 is 0 Å². The van der Waals surface area contributed by atoms with Gasteiger partial charge in [0.05, 0.1) is 30.0 Å². The van der Waals surface area contributed by atoms with Crippen molar-refractivity contribution in [1.29, 1.82) is 0 Å². The zero-order chi connectivity index (χ0) is 20.1. The van der Waals surface area contributed by atoms with Crippen molar-refractivity contribution < 1.29 is 22.8 Å². The van der Waals surface area contributed by atoms with E-state index in [0.717, 1.165) is 17.0 Å². The van der Waals surface area contributed by atoms with Crippen molar-refractivity contribution in [2.75, 3.05) is 45.2 Å². The third-order valence-electron chi connectivity index (χ3n) is 4.61. The minimum Gasteiger partial charge on any atom is -0.379 e. The molecule has 0 radical (unpaired) electrons. The fourth-order valence-corrected chi connectivity index (χ4v) is 5.33. The molecule has 1 aromatic heterocycles. The molecule has 2 heterocycles. The van der Waals surface area contributed by atoms with Gasteiger partial charge in [-0.15, -0.1) is 11.3 Å². The Morgan fingerprint density at radius 3 is 2.71 bits per heavy atom. The number of rotatable bonds is 7. The average molecular weight is 425 g/mol. The maximum atomic E-state index is 12.8. The lowest BCUT2D eigenvalue weighted by Crippen LogP contribution is -3.08. The number of aryl methyl sites for hydroxylation is 1. The highest BCUT2D eigenvalue weighted by Gasteiger charge is 2.27. The largest absolute Gasteiger partial charge is 0.379 e. The van der Waals surface area contributed by atoms with E-state index in [9.17, 15) is 13.2 Å². The molecule has 0 spiro atoms. The fraction of sp³-hybridized carbons (Fsp3) is 0.421. The molecule has 1 atom stereocenters. The van der Waals surface area contributed by atoms with Gasteiger partial charge in [0.25, 0.3) is 5.91 Å². The van der Waals surface area contributed by atoms with Gasteiger partial charge in [-0.3, -0.25) is 4.79 Å². The number of carbonyl (C=O) groups excluding carboxylic acids is 1. The lowest BCUT2D eigenvalue weighted by molar-refractivity contribution is -0.884. The second-order valence-corrected chi connectivity index (χ2v) is 9.90. The zero-order valence-corrected chi connectivity index (χ0v) is 17.7. The lowest BCUT2D eigenvalue weighted by atomic mass is 10.2. The van der Waals surface area contributed by atoms with Crippen LogP contribution in [0.4, 0.5) is 5.69 Å². The maximum Gasteiger partial charge on any atom is 0.279 e. The summed E-state index contributed by atoms with van der Waals surface area (Å²) in [5.41, 5.74) is 1.36. The molecule has 1 unspecified atom stereocenters. The van der Waals surface area contributed by atoms with Crippen molar-refractivity contribution in [2.45, 2.75) is 18.4 Å². The minimum atomic E-state index is -3.60. The average Bonchev–Trinajstić information content (AvgIpc) is 3.16. The second-order valence-electron chi connectivity index (χ2n) is 6.93. The van der Waals surface area contributed by atoms with Crippen LogP contribution in [0, 0.1) is 6.92 Å². The SMILES string of the molecule is Cc1ccc(S(=O)(=O)N2CCOCC2)cc1NC(=O)C[NH+](C)Cc1cccs1. The molecule has 2 N–H and O–H groups in total. The molecule has 1 fully saturated rings. The van der Waals surface area contributed by atoms with E-state index < -0.39 is 10.0 Å². The van der Waals surface area contributed by atoms with E-state index in [1.165, 1.54) is 9.18 Å². The molecular formula is C19H26N3O4S2+. The first kappa shape index (κ1) is 20.9. The molecule has 0 saturated carbocycles. The highest BCUT2D eigenvalue weighted by atomic mass is 32.2. The Balaban J connectivity index is 1.68. The van der Waals surface area contributed by atoms with Crippen molar-refractivity contribution in [3.63, 3.8) is 0 Å². The van der Waals surface area contributed by atoms with Gasteiger partial charge in [-0.2, -0.15) is 4.31 Å². The van der Waals surface area contributed by atoms with Gasteiger partial charge in [-0.05, 0) is 36.1 Å². The second kappa shape index (κ2) is 9.15. The van der Waals surface area contributed by atoms with Gasteiger partial charge in [-0.1, -0.05) is 12.1 Å². The topological polar surface area (TPSA) is 80.2 Å². The lowest BCUT2D eigenvalue weighted by Gasteiger charge is -2.26. The number of likely N-dealkylation sites (N-methyl/N-ethyl adjacent to an activating group) is 1. The Hall–Kier alpha value is -1.78. The number of ether oxygens (including phenoxy) is 1. The van der Waals surface area contributed by atoms with Crippen molar-refractivity contribution in [2.24, 2.45) is 0 Å². The predicted molar refractivity (Wildman–Crippen MR) is 109 cm³/mol. The third-order valence-corrected chi connectivity index (χ3v) is 7.38. The number of morpholine rings is 1. The van der Waals surface area contributed by atoms with E-state index in [-0.39, 0.29) is 10.8 Å². The van der Waals surface area contributed by atoms with Crippen molar-refractivity contribution in [3.8, 4) is 0 Å². The van der Waals surface area contributed by atoms with E-state index in [2.05, 4.69) is 11.4 Å². The summed E-state index contributed by atoms with van der Waals surface area (Å²) in [6.07, 6.45) is 0. The van der Waals surface area contributed by atoms with Crippen molar-refractivity contribution >= 4 is 33.0 Å². The number of nitrogens with one attached hydrogen (secondary N) is 2. The Morgan fingerprint density at radius 2 is 2.04 bits per heavy atom. The van der Waals surface area contributed by atoms with Crippen LogP contribution in [0.15, 0.2) is 40.6 Å². The Morgan fingerprint density at radius 1 is 1.29 bits per heavy atom. The highest BCUT2D eigenvalue weighted by Crippen LogP contribution is 2.23. The number of quaternary nitrogens is 1. The molecule has 1 amide bonds. The summed E-state index contributed by atoms with van der Waals surface area (Å²) in [7, 11) is -1.63. The van der Waals surface area contributed by atoms with E-state index in [1.807, 2.05) is 25.4 Å². The molecule has 1 aliphatic rings. The Bertz CT molecular complexity index is 907. The van der Waals surface area contributed by atoms with Gasteiger partial charge >= 0.3 is 0 Å². The van der Waals surface area contributed by atoms with Crippen LogP contribution in [-0.2, 0) is 26.1 Å². The summed E-state index contributed by atoms with van der Waals surface area (Å²) in [5.74, 6) is -0.141. The van der Waals surface area contributed by atoms with Crippen LogP contribution >= 0.6 is 11.3 Å². The van der Waals surface area contributed by atoms with Gasteiger partial charge in [0.15, 0.2) is 6.54 Å². The highest BCUT2D eigenvalue weighted by molar-refractivity contribution is 7.89. The molecular weight excluding hydrogens is 398 g/mol. The van der Waals surface area contributed by atoms with Crippen LogP contribution in [0.1, 0.15) is 10.4 Å². The van der Waals surface area contributed by atoms with Gasteiger partial charge in [0, 0.05) is 18.8 Å². The number of hydrogen-bond acceptors (Lipinski definition) is 5. The number of hydrogen-bond donors (Lipinski definition) is 2. The summed E-state index contributed by atoms with van der Waals surface area (Å²) in [5, 5.41) is 4.89. The predicted octanol–water partition coefficient (Wildman–Crippen LogP) is 0.731. The van der Waals surface area contributed by atoms with Gasteiger partial charge < -0.3 is 15.0 Å². The number of nitrogens with zero attached hydrogens (tertiary/aromatic N) is 1. The number of benzene rings is 1. The number of amides is 1. The summed E-state index contributed by atoms with van der Waals surface area (Å²) < 4.78 is 32.4. The number of thiophene rings is 1. The summed E-state index contributed by atoms with van der Waals surface area (Å²) in [6, 6.07) is 8.91. The van der Waals surface area contributed by atoms with E-state index in [4.69, 9.17) is 4.74 Å². The number of carbonyl (C=O) groups is 1. The minimum absolute atomic E-state index is 0.141. The van der Waals surface area contributed by atoms with Crippen LogP contribution in [0.25, 0.3) is 0 Å². The molecule has 7 nitrogen and oxygen atoms in total. The number of sulfonamides is 1. The summed E-state index contributed by atoms with van der Waals surface area (Å²) in [6.45, 7) is 4.40. The van der Waals surface area contributed by atoms with Crippen molar-refractivity contribution in [1.82, 2.24) is 4.31 Å². The van der Waals surface area contributed by atoms with Crippen molar-refractivity contribution in [3.05, 3.63) is 46.2 Å². The smallest absolute Gasteiger partial charge is 0.279 e. The van der Waals surface area contributed by atoms with Crippen LogP contribution in [0.3, 0.4) is 0 Å². The van der Waals surface area contributed by atoms with Crippen LogP contribution in [0.2, 0.25) is 0 Å². The van der Waals surface area contributed by atoms with E-state index in [1.54, 1.807) is 29.5 Å². The summed E-state index contributed by atoms with van der Waals surface area (Å²) in [4.78, 5) is 14.9. The molecule has 1 aromatic carbocycles. The first-order chi connectivity index (χ1) is 13.4. The molecule has 1 saturated heterocycles. The van der Waals surface area contributed by atoms with Gasteiger partial charge in [0.1, 0.15) is 6.54 Å².